The number of rotatable bonds is 4. The summed E-state index contributed by atoms with van der Waals surface area (Å²) in [5.41, 5.74) is 0. The average molecular weight is 215 g/mol. The van der Waals surface area contributed by atoms with Crippen molar-refractivity contribution in [3.63, 3.8) is 0 Å². The second-order valence-corrected chi connectivity index (χ2v) is 3.12. The van der Waals surface area contributed by atoms with Gasteiger partial charge < -0.3 is 20.5 Å². The fraction of sp³-hybridized carbons (Fsp3) is 0.625. The smallest absolute Gasteiger partial charge is 0.407 e. The number of nitrogens with zero attached hydrogens (tertiary/aromatic N) is 1. The van der Waals surface area contributed by atoms with Gasteiger partial charge in [-0.05, 0) is 0 Å². The minimum Gasteiger partial charge on any atom is -0.480 e. The number of ether oxygens (including phenoxy) is 1. The summed E-state index contributed by atoms with van der Waals surface area (Å²) < 4.78 is 4.33. The number of carbonyl (C=O) groups is 2. The van der Waals surface area contributed by atoms with Crippen molar-refractivity contribution in [3.8, 4) is 0 Å². The number of carbonyl (C=O) groups excluding carboxylic acids is 1. The van der Waals surface area contributed by atoms with Gasteiger partial charge in [-0.25, -0.2) is 9.59 Å². The highest BCUT2D eigenvalue weighted by molar-refractivity contribution is 5.79. The van der Waals surface area contributed by atoms with E-state index in [9.17, 15) is 9.59 Å². The molecule has 3 N–H and O–H groups in total. The van der Waals surface area contributed by atoms with Crippen LogP contribution in [0.1, 0.15) is 6.42 Å². The first kappa shape index (κ1) is 11.3. The molecule has 0 saturated heterocycles. The average Bonchev–Trinajstić information content (AvgIpc) is 2.69. The Labute approximate surface area is 86.5 Å². The van der Waals surface area contributed by atoms with Gasteiger partial charge in [0.25, 0.3) is 0 Å². The van der Waals surface area contributed by atoms with Gasteiger partial charge in [-0.1, -0.05) is 0 Å². The maximum Gasteiger partial charge on any atom is 0.407 e. The summed E-state index contributed by atoms with van der Waals surface area (Å²) in [4.78, 5) is 25.6. The van der Waals surface area contributed by atoms with Crippen LogP contribution in [0.3, 0.4) is 0 Å². The van der Waals surface area contributed by atoms with E-state index >= 15 is 0 Å². The Kier molecular flexibility index (Phi) is 3.90. The van der Waals surface area contributed by atoms with Crippen LogP contribution in [0.25, 0.3) is 0 Å². The van der Waals surface area contributed by atoms with E-state index in [1.54, 1.807) is 0 Å². The Morgan fingerprint density at radius 1 is 1.80 bits per heavy atom. The van der Waals surface area contributed by atoms with Crippen molar-refractivity contribution >= 4 is 18.4 Å². The van der Waals surface area contributed by atoms with Crippen LogP contribution in [0, 0.1) is 0 Å². The minimum absolute atomic E-state index is 0.0525. The molecule has 2 atom stereocenters. The number of methoxy groups -OCH3 is 1. The predicted octanol–water partition coefficient (Wildman–Crippen LogP) is -0.814. The zero-order valence-electron chi connectivity index (χ0n) is 8.27. The molecule has 0 spiro atoms. The summed E-state index contributed by atoms with van der Waals surface area (Å²) in [6, 6.07) is -1.01. The molecule has 0 bridgehead atoms. The lowest BCUT2D eigenvalue weighted by Gasteiger charge is -2.17. The van der Waals surface area contributed by atoms with E-state index in [-0.39, 0.29) is 12.5 Å². The lowest BCUT2D eigenvalue weighted by molar-refractivity contribution is -0.139. The van der Waals surface area contributed by atoms with Crippen LogP contribution in [0.15, 0.2) is 4.99 Å². The topological polar surface area (TPSA) is 100 Å². The second kappa shape index (κ2) is 5.18. The van der Waals surface area contributed by atoms with Gasteiger partial charge in [-0.2, -0.15) is 0 Å². The Morgan fingerprint density at radius 3 is 3.00 bits per heavy atom. The Hall–Kier alpha value is -1.79. The van der Waals surface area contributed by atoms with Crippen LogP contribution in [-0.4, -0.2) is 49.2 Å². The standard InChI is InChI=1S/C8H13N3O4/c1-15-8(14)11-6(7(12)13)2-5-3-9-4-10-5/h4-6H,2-3H2,1H3,(H,9,10)(H,11,14)(H,12,13)/t5?,6-/m0/s1. The third kappa shape index (κ3) is 3.45. The zero-order chi connectivity index (χ0) is 11.3. The molecule has 1 aliphatic heterocycles. The highest BCUT2D eigenvalue weighted by Gasteiger charge is 2.25. The molecule has 1 unspecified atom stereocenters. The lowest BCUT2D eigenvalue weighted by Crippen LogP contribution is -2.45. The van der Waals surface area contributed by atoms with Gasteiger partial charge in [0.05, 0.1) is 20.0 Å². The maximum atomic E-state index is 10.9. The zero-order valence-corrected chi connectivity index (χ0v) is 8.27. The largest absolute Gasteiger partial charge is 0.480 e. The third-order valence-corrected chi connectivity index (χ3v) is 2.02. The number of carboxylic acids is 1. The molecule has 7 heteroatoms. The summed E-state index contributed by atoms with van der Waals surface area (Å²) >= 11 is 0. The molecule has 0 radical (unpaired) electrons. The van der Waals surface area contributed by atoms with Gasteiger partial charge in [-0.15, -0.1) is 0 Å². The Bertz CT molecular complexity index is 271. The predicted molar refractivity (Wildman–Crippen MR) is 51.9 cm³/mol. The number of alkyl carbamates (subject to hydrolysis) is 1. The lowest BCUT2D eigenvalue weighted by atomic mass is 10.1. The van der Waals surface area contributed by atoms with Crippen molar-refractivity contribution < 1.29 is 19.4 Å². The van der Waals surface area contributed by atoms with Gasteiger partial charge in [-0.3, -0.25) is 4.99 Å². The van der Waals surface area contributed by atoms with Crippen molar-refractivity contribution in [2.24, 2.45) is 4.99 Å². The number of hydrogen-bond donors (Lipinski definition) is 3. The van der Waals surface area contributed by atoms with E-state index in [1.165, 1.54) is 13.4 Å². The number of aliphatic imine (C=N–C) groups is 1. The number of nitrogens with one attached hydrogen (secondary N) is 2. The normalized spacial score (nSPS) is 20.5. The molecule has 1 heterocycles. The summed E-state index contributed by atoms with van der Waals surface area (Å²) in [6.45, 7) is 0.520. The molecular weight excluding hydrogens is 202 g/mol. The van der Waals surface area contributed by atoms with Crippen molar-refractivity contribution in [3.05, 3.63) is 0 Å². The van der Waals surface area contributed by atoms with Gasteiger partial charge in [0.1, 0.15) is 6.04 Å². The molecule has 1 aliphatic rings. The van der Waals surface area contributed by atoms with Crippen LogP contribution in [0.5, 0.6) is 0 Å². The van der Waals surface area contributed by atoms with E-state index < -0.39 is 18.1 Å². The number of carboxylic acid groups (broad SMARTS) is 1. The van der Waals surface area contributed by atoms with Crippen molar-refractivity contribution in [2.45, 2.75) is 18.5 Å². The van der Waals surface area contributed by atoms with Gasteiger partial charge in [0.2, 0.25) is 0 Å². The molecule has 0 fully saturated rings. The highest BCUT2D eigenvalue weighted by Crippen LogP contribution is 2.02. The van der Waals surface area contributed by atoms with E-state index in [2.05, 4.69) is 20.4 Å². The molecule has 1 amide bonds. The second-order valence-electron chi connectivity index (χ2n) is 3.12. The number of hydrogen-bond acceptors (Lipinski definition) is 5. The van der Waals surface area contributed by atoms with E-state index in [0.29, 0.717) is 6.54 Å². The summed E-state index contributed by atoms with van der Waals surface area (Å²) in [7, 11) is 1.19. The molecule has 0 aliphatic carbocycles. The molecule has 0 aromatic carbocycles. The first-order chi connectivity index (χ1) is 7.13. The fourth-order valence-corrected chi connectivity index (χ4v) is 1.24. The first-order valence-electron chi connectivity index (χ1n) is 4.45. The van der Waals surface area contributed by atoms with Crippen LogP contribution in [-0.2, 0) is 9.53 Å². The molecule has 0 aromatic rings. The van der Waals surface area contributed by atoms with E-state index in [4.69, 9.17) is 5.11 Å². The molecular formula is C8H13N3O4. The van der Waals surface area contributed by atoms with E-state index in [1.807, 2.05) is 0 Å². The molecule has 84 valence electrons. The third-order valence-electron chi connectivity index (χ3n) is 2.02. The van der Waals surface area contributed by atoms with Crippen molar-refractivity contribution in [1.29, 1.82) is 0 Å². The Balaban J connectivity index is 2.43. The monoisotopic (exact) mass is 215 g/mol. The van der Waals surface area contributed by atoms with Crippen LogP contribution >= 0.6 is 0 Å². The maximum absolute atomic E-state index is 10.9. The number of amides is 1. The van der Waals surface area contributed by atoms with Gasteiger partial charge in [0.15, 0.2) is 0 Å². The molecule has 1 rings (SSSR count). The van der Waals surface area contributed by atoms with E-state index in [0.717, 1.165) is 0 Å². The number of aliphatic carboxylic acids is 1. The SMILES string of the molecule is COC(=O)N[C@@H](CC1CN=CN1)C(=O)O. The van der Waals surface area contributed by atoms with Crippen LogP contribution in [0.4, 0.5) is 4.79 Å². The summed E-state index contributed by atoms with van der Waals surface area (Å²) in [6.07, 6.45) is 1.05. The van der Waals surface area contributed by atoms with Gasteiger partial charge >= 0.3 is 12.1 Å². The first-order valence-corrected chi connectivity index (χ1v) is 4.45. The summed E-state index contributed by atoms with van der Waals surface area (Å²) in [5, 5.41) is 14.0. The molecule has 0 aromatic heterocycles. The molecule has 15 heavy (non-hydrogen) atoms. The van der Waals surface area contributed by atoms with Crippen molar-refractivity contribution in [2.75, 3.05) is 13.7 Å². The highest BCUT2D eigenvalue weighted by atomic mass is 16.5. The molecule has 7 nitrogen and oxygen atoms in total. The van der Waals surface area contributed by atoms with Crippen molar-refractivity contribution in [1.82, 2.24) is 10.6 Å². The minimum atomic E-state index is -1.09. The Morgan fingerprint density at radius 2 is 2.53 bits per heavy atom. The van der Waals surface area contributed by atoms with Crippen LogP contribution < -0.4 is 10.6 Å². The molecule has 0 saturated carbocycles. The fourth-order valence-electron chi connectivity index (χ4n) is 1.24. The van der Waals surface area contributed by atoms with Crippen LogP contribution in [0.2, 0.25) is 0 Å². The summed E-state index contributed by atoms with van der Waals surface area (Å²) in [5.74, 6) is -1.09. The van der Waals surface area contributed by atoms with Gasteiger partial charge in [0, 0.05) is 12.5 Å². The quantitative estimate of drug-likeness (QED) is 0.569.